The van der Waals surface area contributed by atoms with Crippen LogP contribution in [-0.4, -0.2) is 48.1 Å². The van der Waals surface area contributed by atoms with Crippen LogP contribution in [0.25, 0.3) is 0 Å². The molecule has 1 amide bonds. The van der Waals surface area contributed by atoms with Crippen molar-refractivity contribution in [2.75, 3.05) is 20.1 Å². The van der Waals surface area contributed by atoms with Crippen LogP contribution in [0, 0.1) is 40.4 Å². The molecule has 0 aromatic rings. The van der Waals surface area contributed by atoms with Gasteiger partial charge < -0.3 is 15.7 Å². The molecule has 0 unspecified atom stereocenters. The highest BCUT2D eigenvalue weighted by molar-refractivity contribution is 5.85. The fourth-order valence-corrected chi connectivity index (χ4v) is 8.59. The fraction of sp³-hybridized carbons (Fsp3) is 0.923. The van der Waals surface area contributed by atoms with Gasteiger partial charge in [-0.3, -0.25) is 4.84 Å². The summed E-state index contributed by atoms with van der Waals surface area (Å²) in [7, 11) is 1.73. The average Bonchev–Trinajstić information content (AvgIpc) is 3.13. The minimum Gasteiger partial charge on any atom is -0.393 e. The second kappa shape index (κ2) is 9.25. The summed E-state index contributed by atoms with van der Waals surface area (Å²) in [6.45, 7) is 8.23. The molecule has 32 heavy (non-hydrogen) atoms. The second-order valence-corrected chi connectivity index (χ2v) is 11.9. The van der Waals surface area contributed by atoms with Crippen LogP contribution < -0.4 is 5.73 Å². The first kappa shape index (κ1) is 24.0. The van der Waals surface area contributed by atoms with Crippen LogP contribution in [0.5, 0.6) is 0 Å². The molecule has 4 fully saturated rings. The maximum absolute atomic E-state index is 12.2. The standard InChI is InChI=1S/C26H45N3O3/c1-17(28-32-24(31)29(4)15-5-14-27)21-8-9-22-20-7-6-18-16-19(30)10-12-25(18,2)23(20)11-13-26(21,22)3/h18-23,30H,5-16,27H2,1-4H3/b28-17+/t18-,19-,20-,21+,22-,23-,25-,26+/m0/s1. The van der Waals surface area contributed by atoms with Crippen LogP contribution in [0.3, 0.4) is 0 Å². The Morgan fingerprint density at radius 1 is 1.09 bits per heavy atom. The smallest absolute Gasteiger partial charge is 0.393 e. The zero-order chi connectivity index (χ0) is 23.1. The van der Waals surface area contributed by atoms with E-state index in [1.165, 1.54) is 38.5 Å². The van der Waals surface area contributed by atoms with Crippen LogP contribution in [0.1, 0.15) is 85.0 Å². The van der Waals surface area contributed by atoms with E-state index in [0.717, 1.165) is 49.1 Å². The lowest BCUT2D eigenvalue weighted by atomic mass is 9.44. The first-order chi connectivity index (χ1) is 15.2. The Balaban J connectivity index is 1.44. The Bertz CT molecular complexity index is 727. The van der Waals surface area contributed by atoms with Gasteiger partial charge in [-0.2, -0.15) is 0 Å². The van der Waals surface area contributed by atoms with Crippen LogP contribution in [0.2, 0.25) is 0 Å². The van der Waals surface area contributed by atoms with Gasteiger partial charge in [0.15, 0.2) is 0 Å². The lowest BCUT2D eigenvalue weighted by Crippen LogP contribution is -2.54. The molecule has 0 radical (unpaired) electrons. The largest absolute Gasteiger partial charge is 0.435 e. The minimum atomic E-state index is -0.396. The second-order valence-electron chi connectivity index (χ2n) is 11.9. The first-order valence-electron chi connectivity index (χ1n) is 13.1. The van der Waals surface area contributed by atoms with Crippen LogP contribution in [0.4, 0.5) is 4.79 Å². The molecule has 4 aliphatic carbocycles. The van der Waals surface area contributed by atoms with Crippen molar-refractivity contribution in [2.45, 2.75) is 91.1 Å². The van der Waals surface area contributed by atoms with Crippen molar-refractivity contribution in [1.82, 2.24) is 4.90 Å². The number of hydrogen-bond acceptors (Lipinski definition) is 5. The van der Waals surface area contributed by atoms with E-state index >= 15 is 0 Å². The van der Waals surface area contributed by atoms with Gasteiger partial charge in [-0.15, -0.1) is 0 Å². The fourth-order valence-electron chi connectivity index (χ4n) is 8.59. The average molecular weight is 448 g/mol. The Labute approximate surface area is 194 Å². The maximum Gasteiger partial charge on any atom is 0.435 e. The van der Waals surface area contributed by atoms with Gasteiger partial charge in [0.05, 0.1) is 11.8 Å². The Morgan fingerprint density at radius 2 is 1.81 bits per heavy atom. The van der Waals surface area contributed by atoms with E-state index in [-0.39, 0.29) is 11.5 Å². The highest BCUT2D eigenvalue weighted by atomic mass is 16.7. The number of hydrogen-bond donors (Lipinski definition) is 2. The summed E-state index contributed by atoms with van der Waals surface area (Å²) in [6, 6.07) is 0. The monoisotopic (exact) mass is 447 g/mol. The number of nitrogens with two attached hydrogens (primary N) is 1. The number of aliphatic hydroxyl groups is 1. The summed E-state index contributed by atoms with van der Waals surface area (Å²) < 4.78 is 0. The van der Waals surface area contributed by atoms with Crippen LogP contribution >= 0.6 is 0 Å². The number of carbonyl (C=O) groups is 1. The predicted octanol–water partition coefficient (Wildman–Crippen LogP) is 4.80. The Kier molecular flexibility index (Phi) is 6.94. The van der Waals surface area contributed by atoms with Gasteiger partial charge in [0.2, 0.25) is 0 Å². The molecule has 4 rings (SSSR count). The van der Waals surface area contributed by atoms with E-state index in [4.69, 9.17) is 10.6 Å². The van der Waals surface area contributed by atoms with Crippen molar-refractivity contribution in [2.24, 2.45) is 51.3 Å². The number of oxime groups is 1. The Morgan fingerprint density at radius 3 is 2.56 bits per heavy atom. The summed E-state index contributed by atoms with van der Waals surface area (Å²) >= 11 is 0. The molecule has 6 heteroatoms. The van der Waals surface area contributed by atoms with Gasteiger partial charge in [-0.1, -0.05) is 19.0 Å². The van der Waals surface area contributed by atoms with Crippen LogP contribution in [-0.2, 0) is 4.84 Å². The molecule has 4 aliphatic rings. The van der Waals surface area contributed by atoms with Crippen molar-refractivity contribution in [3.8, 4) is 0 Å². The number of fused-ring (bicyclic) bond motifs is 5. The summed E-state index contributed by atoms with van der Waals surface area (Å²) in [5.74, 6) is 3.44. The molecule has 0 bridgehead atoms. The van der Waals surface area contributed by atoms with Gasteiger partial charge in [0.1, 0.15) is 0 Å². The molecule has 182 valence electrons. The molecule has 0 spiro atoms. The van der Waals surface area contributed by atoms with E-state index in [1.54, 1.807) is 11.9 Å². The van der Waals surface area contributed by atoms with Crippen molar-refractivity contribution in [1.29, 1.82) is 0 Å². The number of rotatable bonds is 5. The molecule has 0 aromatic carbocycles. The molecular formula is C26H45N3O3. The first-order valence-corrected chi connectivity index (χ1v) is 13.1. The van der Waals surface area contributed by atoms with Crippen molar-refractivity contribution in [3.63, 3.8) is 0 Å². The molecule has 4 saturated carbocycles. The van der Waals surface area contributed by atoms with E-state index in [2.05, 4.69) is 25.9 Å². The van der Waals surface area contributed by atoms with E-state index < -0.39 is 6.09 Å². The van der Waals surface area contributed by atoms with Crippen molar-refractivity contribution >= 4 is 11.8 Å². The van der Waals surface area contributed by atoms with Crippen molar-refractivity contribution < 1.29 is 14.7 Å². The normalized spacial score (nSPS) is 43.8. The highest BCUT2D eigenvalue weighted by Crippen LogP contribution is 2.67. The molecule has 0 aromatic heterocycles. The summed E-state index contributed by atoms with van der Waals surface area (Å²) in [4.78, 5) is 19.1. The molecular weight excluding hydrogens is 402 g/mol. The van der Waals surface area contributed by atoms with Crippen molar-refractivity contribution in [3.05, 3.63) is 0 Å². The minimum absolute atomic E-state index is 0.0785. The third kappa shape index (κ3) is 4.11. The van der Waals surface area contributed by atoms with Gasteiger partial charge >= 0.3 is 6.09 Å². The summed E-state index contributed by atoms with van der Waals surface area (Å²) in [5, 5.41) is 14.6. The predicted molar refractivity (Wildman–Crippen MR) is 127 cm³/mol. The summed E-state index contributed by atoms with van der Waals surface area (Å²) in [5.41, 5.74) is 7.18. The lowest BCUT2D eigenvalue weighted by Gasteiger charge is -2.61. The zero-order valence-corrected chi connectivity index (χ0v) is 20.7. The van der Waals surface area contributed by atoms with E-state index in [0.29, 0.717) is 30.3 Å². The Hall–Kier alpha value is -1.14. The third-order valence-corrected chi connectivity index (χ3v) is 10.4. The van der Waals surface area contributed by atoms with Gasteiger partial charge in [-0.25, -0.2) is 4.79 Å². The third-order valence-electron chi connectivity index (χ3n) is 10.4. The lowest BCUT2D eigenvalue weighted by molar-refractivity contribution is -0.123. The zero-order valence-electron chi connectivity index (χ0n) is 20.7. The number of carbonyl (C=O) groups excluding carboxylic acids is 1. The van der Waals surface area contributed by atoms with Crippen LogP contribution in [0.15, 0.2) is 5.16 Å². The molecule has 3 N–H and O–H groups in total. The molecule has 8 atom stereocenters. The quantitative estimate of drug-likeness (QED) is 0.360. The molecule has 0 saturated heterocycles. The topological polar surface area (TPSA) is 88.2 Å². The van der Waals surface area contributed by atoms with E-state index in [1.807, 2.05) is 0 Å². The van der Waals surface area contributed by atoms with Gasteiger partial charge in [-0.05, 0) is 112 Å². The molecule has 0 heterocycles. The van der Waals surface area contributed by atoms with E-state index in [9.17, 15) is 9.90 Å². The number of aliphatic hydroxyl groups excluding tert-OH is 1. The number of amides is 1. The summed E-state index contributed by atoms with van der Waals surface area (Å²) in [6.07, 6.45) is 11.0. The van der Waals surface area contributed by atoms with Gasteiger partial charge in [0.25, 0.3) is 0 Å². The number of nitrogens with zero attached hydrogens (tertiary/aromatic N) is 2. The maximum atomic E-state index is 12.2. The molecule has 6 nitrogen and oxygen atoms in total. The highest BCUT2D eigenvalue weighted by Gasteiger charge is 2.60. The van der Waals surface area contributed by atoms with Gasteiger partial charge in [0, 0.05) is 19.5 Å². The molecule has 0 aliphatic heterocycles. The SMILES string of the molecule is C/C(=N\OC(=O)N(C)CCCN)[C@H]1CC[C@H]2[C@@H]3CC[C@H]4C[C@@H](O)CC[C@]4(C)[C@H]3CC[C@]12C.